The van der Waals surface area contributed by atoms with Crippen molar-refractivity contribution in [3.63, 3.8) is 0 Å². The summed E-state index contributed by atoms with van der Waals surface area (Å²) < 4.78 is 0.994. The zero-order chi connectivity index (χ0) is 19.1. The van der Waals surface area contributed by atoms with E-state index in [4.69, 9.17) is 11.6 Å². The van der Waals surface area contributed by atoms with Gasteiger partial charge in [-0.2, -0.15) is 0 Å². The third-order valence-electron chi connectivity index (χ3n) is 4.51. The minimum atomic E-state index is -0.231. The Hall–Kier alpha value is -2.73. The minimum absolute atomic E-state index is 0.231. The first-order chi connectivity index (χ1) is 13.7. The number of nitrogens with one attached hydrogen (secondary N) is 1. The van der Waals surface area contributed by atoms with Gasteiger partial charge in [-0.15, -0.1) is 22.7 Å². The Morgan fingerprint density at radius 1 is 0.964 bits per heavy atom. The second kappa shape index (κ2) is 7.02. The van der Waals surface area contributed by atoms with Crippen LogP contribution in [-0.4, -0.2) is 10.9 Å². The highest BCUT2D eigenvalue weighted by Crippen LogP contribution is 2.36. The number of anilines is 1. The van der Waals surface area contributed by atoms with Gasteiger partial charge in [-0.25, -0.2) is 4.98 Å². The molecule has 5 aromatic rings. The number of amides is 1. The summed E-state index contributed by atoms with van der Waals surface area (Å²) >= 11 is 9.20. The Balaban J connectivity index is 1.42. The molecular weight excluding hydrogens is 408 g/mol. The van der Waals surface area contributed by atoms with E-state index in [0.29, 0.717) is 15.0 Å². The van der Waals surface area contributed by atoms with E-state index in [-0.39, 0.29) is 5.91 Å². The fraction of sp³-hybridized carbons (Fsp3) is 0. The van der Waals surface area contributed by atoms with Crippen LogP contribution in [0.4, 0.5) is 5.13 Å². The van der Waals surface area contributed by atoms with Crippen LogP contribution in [0.2, 0.25) is 5.02 Å². The number of carbonyl (C=O) groups is 1. The molecule has 0 atom stereocenters. The first-order valence-electron chi connectivity index (χ1n) is 8.62. The van der Waals surface area contributed by atoms with Crippen molar-refractivity contribution >= 4 is 66.2 Å². The van der Waals surface area contributed by atoms with Gasteiger partial charge in [0.15, 0.2) is 5.13 Å². The van der Waals surface area contributed by atoms with Gasteiger partial charge in [-0.05, 0) is 22.9 Å². The van der Waals surface area contributed by atoms with Gasteiger partial charge < -0.3 is 0 Å². The maximum Gasteiger partial charge on any atom is 0.269 e. The zero-order valence-corrected chi connectivity index (χ0v) is 16.9. The summed E-state index contributed by atoms with van der Waals surface area (Å²) in [4.78, 5) is 17.8. The van der Waals surface area contributed by atoms with Gasteiger partial charge in [-0.1, -0.05) is 66.2 Å². The van der Waals surface area contributed by atoms with Crippen molar-refractivity contribution in [3.8, 4) is 11.3 Å². The summed E-state index contributed by atoms with van der Waals surface area (Å²) in [5.41, 5.74) is 1.86. The highest BCUT2D eigenvalue weighted by Gasteiger charge is 2.18. The van der Waals surface area contributed by atoms with E-state index in [1.165, 1.54) is 28.1 Å². The Morgan fingerprint density at radius 3 is 2.61 bits per heavy atom. The second-order valence-electron chi connectivity index (χ2n) is 6.30. The molecule has 0 aliphatic rings. The number of aromatic nitrogens is 1. The number of hydrogen-bond acceptors (Lipinski definition) is 4. The Kier molecular flexibility index (Phi) is 4.36. The molecule has 2 aromatic heterocycles. The Labute approximate surface area is 174 Å². The van der Waals surface area contributed by atoms with E-state index < -0.39 is 0 Å². The highest BCUT2D eigenvalue weighted by atomic mass is 35.5. The van der Waals surface area contributed by atoms with Crippen molar-refractivity contribution < 1.29 is 4.79 Å². The quantitative estimate of drug-likeness (QED) is 0.338. The van der Waals surface area contributed by atoms with Crippen LogP contribution in [0.25, 0.3) is 32.1 Å². The van der Waals surface area contributed by atoms with Gasteiger partial charge >= 0.3 is 0 Å². The summed E-state index contributed by atoms with van der Waals surface area (Å²) in [5, 5.41) is 9.13. The summed E-state index contributed by atoms with van der Waals surface area (Å²) in [5.74, 6) is -0.231. The fourth-order valence-corrected chi connectivity index (χ4v) is 5.25. The van der Waals surface area contributed by atoms with Crippen LogP contribution in [0.15, 0.2) is 72.1 Å². The van der Waals surface area contributed by atoms with Gasteiger partial charge in [-0.3, -0.25) is 10.1 Å². The maximum absolute atomic E-state index is 12.7. The lowest BCUT2D eigenvalue weighted by Crippen LogP contribution is -2.10. The molecule has 0 spiro atoms. The molecule has 6 heteroatoms. The molecule has 0 aliphatic carbocycles. The van der Waals surface area contributed by atoms with Crippen LogP contribution in [-0.2, 0) is 0 Å². The molecule has 1 N–H and O–H groups in total. The standard InChI is InChI=1S/C22H13ClN2OS2/c23-19-16-7-3-4-8-18(16)28-20(19)21(26)25-22-24-17(12-27-22)15-10-9-13-5-1-2-6-14(13)11-15/h1-12H,(H,24,25,26). The molecule has 3 aromatic carbocycles. The summed E-state index contributed by atoms with van der Waals surface area (Å²) in [6.07, 6.45) is 0. The SMILES string of the molecule is O=C(Nc1nc(-c2ccc3ccccc3c2)cs1)c1sc2ccccc2c1Cl. The van der Waals surface area contributed by atoms with Gasteiger partial charge in [0.2, 0.25) is 0 Å². The monoisotopic (exact) mass is 420 g/mol. The largest absolute Gasteiger partial charge is 0.297 e. The predicted octanol–water partition coefficient (Wildman–Crippen LogP) is 7.08. The van der Waals surface area contributed by atoms with Crippen molar-refractivity contribution in [2.24, 2.45) is 0 Å². The molecular formula is C22H13ClN2OS2. The topological polar surface area (TPSA) is 42.0 Å². The van der Waals surface area contributed by atoms with E-state index in [1.54, 1.807) is 0 Å². The van der Waals surface area contributed by atoms with E-state index in [2.05, 4.69) is 34.6 Å². The lowest BCUT2D eigenvalue weighted by Gasteiger charge is -2.01. The molecule has 28 heavy (non-hydrogen) atoms. The van der Waals surface area contributed by atoms with Crippen molar-refractivity contribution in [2.45, 2.75) is 0 Å². The van der Waals surface area contributed by atoms with E-state index >= 15 is 0 Å². The molecule has 0 saturated carbocycles. The van der Waals surface area contributed by atoms with Crippen LogP contribution in [0.1, 0.15) is 9.67 Å². The molecule has 0 unspecified atom stereocenters. The summed E-state index contributed by atoms with van der Waals surface area (Å²) in [6.45, 7) is 0. The highest BCUT2D eigenvalue weighted by molar-refractivity contribution is 7.21. The van der Waals surface area contributed by atoms with Gasteiger partial charge in [0.1, 0.15) is 4.88 Å². The van der Waals surface area contributed by atoms with Gasteiger partial charge in [0.25, 0.3) is 5.91 Å². The lowest BCUT2D eigenvalue weighted by atomic mass is 10.1. The van der Waals surface area contributed by atoms with Crippen molar-refractivity contribution in [3.05, 3.63) is 82.0 Å². The summed E-state index contributed by atoms with van der Waals surface area (Å²) in [6, 6.07) is 22.2. The molecule has 0 bridgehead atoms. The predicted molar refractivity (Wildman–Crippen MR) is 120 cm³/mol. The number of hydrogen-bond donors (Lipinski definition) is 1. The number of halogens is 1. The molecule has 5 rings (SSSR count). The van der Waals surface area contributed by atoms with Crippen LogP contribution < -0.4 is 5.32 Å². The number of fused-ring (bicyclic) bond motifs is 2. The van der Waals surface area contributed by atoms with Crippen LogP contribution >= 0.6 is 34.3 Å². The summed E-state index contributed by atoms with van der Waals surface area (Å²) in [7, 11) is 0. The molecule has 0 radical (unpaired) electrons. The molecule has 1 amide bonds. The normalized spacial score (nSPS) is 11.2. The molecule has 2 heterocycles. The second-order valence-corrected chi connectivity index (χ2v) is 8.58. The lowest BCUT2D eigenvalue weighted by molar-refractivity contribution is 0.103. The molecule has 0 aliphatic heterocycles. The Morgan fingerprint density at radius 2 is 1.75 bits per heavy atom. The zero-order valence-electron chi connectivity index (χ0n) is 14.5. The molecule has 0 fully saturated rings. The first kappa shape index (κ1) is 17.4. The van der Waals surface area contributed by atoms with Crippen molar-refractivity contribution in [2.75, 3.05) is 5.32 Å². The van der Waals surface area contributed by atoms with Crippen LogP contribution in [0.5, 0.6) is 0 Å². The molecule has 0 saturated heterocycles. The van der Waals surface area contributed by atoms with E-state index in [1.807, 2.05) is 47.8 Å². The number of thiazole rings is 1. The number of thiophene rings is 1. The van der Waals surface area contributed by atoms with Crippen LogP contribution in [0.3, 0.4) is 0 Å². The average molecular weight is 421 g/mol. The third kappa shape index (κ3) is 3.07. The fourth-order valence-electron chi connectivity index (χ4n) is 3.13. The van der Waals surface area contributed by atoms with E-state index in [9.17, 15) is 4.79 Å². The molecule has 136 valence electrons. The number of nitrogens with zero attached hydrogens (tertiary/aromatic N) is 1. The number of carbonyl (C=O) groups excluding carboxylic acids is 1. The van der Waals surface area contributed by atoms with Crippen molar-refractivity contribution in [1.29, 1.82) is 0 Å². The number of rotatable bonds is 3. The van der Waals surface area contributed by atoms with E-state index in [0.717, 1.165) is 26.7 Å². The minimum Gasteiger partial charge on any atom is -0.297 e. The maximum atomic E-state index is 12.7. The number of benzene rings is 3. The van der Waals surface area contributed by atoms with Gasteiger partial charge in [0.05, 0.1) is 10.7 Å². The van der Waals surface area contributed by atoms with Gasteiger partial charge in [0, 0.05) is 21.0 Å². The third-order valence-corrected chi connectivity index (χ3v) is 6.94. The van der Waals surface area contributed by atoms with Crippen molar-refractivity contribution in [1.82, 2.24) is 4.98 Å². The average Bonchev–Trinajstić information content (AvgIpc) is 3.32. The van der Waals surface area contributed by atoms with Crippen LogP contribution in [0, 0.1) is 0 Å². The Bertz CT molecular complexity index is 1340. The molecule has 3 nitrogen and oxygen atoms in total. The first-order valence-corrected chi connectivity index (χ1v) is 10.7. The smallest absolute Gasteiger partial charge is 0.269 e.